The molecule has 0 saturated carbocycles. The first-order chi connectivity index (χ1) is 11.8. The molecule has 1 amide bonds. The van der Waals surface area contributed by atoms with E-state index >= 15 is 0 Å². The average molecular weight is 347 g/mol. The summed E-state index contributed by atoms with van der Waals surface area (Å²) < 4.78 is 10.5. The van der Waals surface area contributed by atoms with Crippen molar-refractivity contribution in [3.8, 4) is 0 Å². The summed E-state index contributed by atoms with van der Waals surface area (Å²) >= 11 is 0. The molecule has 6 heteroatoms. The maximum atomic E-state index is 12.4. The largest absolute Gasteiger partial charge is 0.460 e. The van der Waals surface area contributed by atoms with Crippen molar-refractivity contribution in [2.24, 2.45) is 0 Å². The first kappa shape index (κ1) is 19.0. The molecular formula is C19H25NO5. The molecule has 0 aliphatic carbocycles. The molecule has 1 aliphatic heterocycles. The Morgan fingerprint density at radius 3 is 2.48 bits per heavy atom. The molecule has 136 valence electrons. The highest BCUT2D eigenvalue weighted by molar-refractivity contribution is 5.99. The fourth-order valence-electron chi connectivity index (χ4n) is 2.76. The van der Waals surface area contributed by atoms with Gasteiger partial charge in [-0.05, 0) is 39.2 Å². The second-order valence-corrected chi connectivity index (χ2v) is 7.12. The van der Waals surface area contributed by atoms with Crippen molar-refractivity contribution in [2.75, 3.05) is 6.54 Å². The number of carbonyl (C=O) groups excluding carboxylic acids is 3. The summed E-state index contributed by atoms with van der Waals surface area (Å²) in [7, 11) is 0. The van der Waals surface area contributed by atoms with E-state index in [1.165, 1.54) is 4.90 Å². The van der Waals surface area contributed by atoms with E-state index in [0.29, 0.717) is 19.4 Å². The summed E-state index contributed by atoms with van der Waals surface area (Å²) in [4.78, 5) is 37.9. The molecule has 1 unspecified atom stereocenters. The Kier molecular flexibility index (Phi) is 6.17. The molecule has 0 radical (unpaired) electrons. The number of ether oxygens (including phenoxy) is 2. The van der Waals surface area contributed by atoms with Crippen molar-refractivity contribution < 1.29 is 23.9 Å². The van der Waals surface area contributed by atoms with Gasteiger partial charge in [0.1, 0.15) is 18.6 Å². The van der Waals surface area contributed by atoms with Gasteiger partial charge in [-0.2, -0.15) is 0 Å². The highest BCUT2D eigenvalue weighted by Crippen LogP contribution is 2.21. The average Bonchev–Trinajstić information content (AvgIpc) is 3.01. The van der Waals surface area contributed by atoms with Gasteiger partial charge in [0.25, 0.3) is 0 Å². The Hall–Kier alpha value is -2.37. The third-order valence-electron chi connectivity index (χ3n) is 3.80. The van der Waals surface area contributed by atoms with Crippen LogP contribution in [0.3, 0.4) is 0 Å². The molecule has 0 bridgehead atoms. The summed E-state index contributed by atoms with van der Waals surface area (Å²) in [5, 5.41) is 0. The first-order valence-electron chi connectivity index (χ1n) is 8.48. The van der Waals surface area contributed by atoms with Gasteiger partial charge in [-0.3, -0.25) is 14.5 Å². The SMILES string of the molecule is CC(C)(C)OC(=O)CC(=O)C1CCCN1C(=O)OCc1ccccc1. The Bertz CT molecular complexity index is 620. The normalized spacial score (nSPS) is 17.2. The van der Waals surface area contributed by atoms with Crippen LogP contribution in [0.2, 0.25) is 0 Å². The zero-order chi connectivity index (χ0) is 18.4. The van der Waals surface area contributed by atoms with Crippen LogP contribution in [0.4, 0.5) is 4.79 Å². The van der Waals surface area contributed by atoms with E-state index in [1.54, 1.807) is 20.8 Å². The molecule has 1 fully saturated rings. The zero-order valence-corrected chi connectivity index (χ0v) is 15.0. The monoisotopic (exact) mass is 347 g/mol. The third-order valence-corrected chi connectivity index (χ3v) is 3.80. The number of amides is 1. The third kappa shape index (κ3) is 5.89. The Labute approximate surface area is 148 Å². The highest BCUT2D eigenvalue weighted by Gasteiger charge is 2.36. The van der Waals surface area contributed by atoms with Crippen LogP contribution in [0.25, 0.3) is 0 Å². The molecule has 1 aromatic carbocycles. The summed E-state index contributed by atoms with van der Waals surface area (Å²) in [6, 6.07) is 8.73. The minimum absolute atomic E-state index is 0.156. The molecule has 0 spiro atoms. The summed E-state index contributed by atoms with van der Waals surface area (Å²) in [5.41, 5.74) is 0.244. The number of rotatable bonds is 5. The van der Waals surface area contributed by atoms with Crippen LogP contribution in [-0.2, 0) is 25.7 Å². The van der Waals surface area contributed by atoms with Crippen LogP contribution in [0.1, 0.15) is 45.6 Å². The Morgan fingerprint density at radius 1 is 1.16 bits per heavy atom. The van der Waals surface area contributed by atoms with Gasteiger partial charge in [-0.15, -0.1) is 0 Å². The van der Waals surface area contributed by atoms with Gasteiger partial charge in [-0.1, -0.05) is 30.3 Å². The number of hydrogen-bond acceptors (Lipinski definition) is 5. The molecule has 0 N–H and O–H groups in total. The van der Waals surface area contributed by atoms with Crippen molar-refractivity contribution >= 4 is 17.8 Å². The van der Waals surface area contributed by atoms with E-state index in [4.69, 9.17) is 9.47 Å². The van der Waals surface area contributed by atoms with Crippen LogP contribution < -0.4 is 0 Å². The highest BCUT2D eigenvalue weighted by atomic mass is 16.6. The zero-order valence-electron chi connectivity index (χ0n) is 15.0. The van der Waals surface area contributed by atoms with Gasteiger partial charge in [0.05, 0.1) is 6.04 Å². The lowest BCUT2D eigenvalue weighted by Crippen LogP contribution is -2.41. The first-order valence-corrected chi connectivity index (χ1v) is 8.48. The van der Waals surface area contributed by atoms with Crippen LogP contribution in [0, 0.1) is 0 Å². The number of carbonyl (C=O) groups is 3. The maximum absolute atomic E-state index is 12.4. The molecule has 25 heavy (non-hydrogen) atoms. The topological polar surface area (TPSA) is 72.9 Å². The lowest BCUT2D eigenvalue weighted by atomic mass is 10.1. The number of esters is 1. The number of benzene rings is 1. The standard InChI is InChI=1S/C19H25NO5/c1-19(2,3)25-17(22)12-16(21)15-10-7-11-20(15)18(23)24-13-14-8-5-4-6-9-14/h4-6,8-9,15H,7,10-13H2,1-3H3. The molecule has 6 nitrogen and oxygen atoms in total. The minimum Gasteiger partial charge on any atom is -0.460 e. The van der Waals surface area contributed by atoms with E-state index in [-0.39, 0.29) is 18.8 Å². The van der Waals surface area contributed by atoms with E-state index in [9.17, 15) is 14.4 Å². The minimum atomic E-state index is -0.638. The molecule has 0 aromatic heterocycles. The number of ketones is 1. The fraction of sp³-hybridized carbons (Fsp3) is 0.526. The van der Waals surface area contributed by atoms with Crippen LogP contribution in [0.5, 0.6) is 0 Å². The van der Waals surface area contributed by atoms with Crippen molar-refractivity contribution in [3.05, 3.63) is 35.9 Å². The second-order valence-electron chi connectivity index (χ2n) is 7.12. The van der Waals surface area contributed by atoms with E-state index in [1.807, 2.05) is 30.3 Å². The van der Waals surface area contributed by atoms with Crippen molar-refractivity contribution in [3.63, 3.8) is 0 Å². The predicted molar refractivity (Wildman–Crippen MR) is 91.8 cm³/mol. The lowest BCUT2D eigenvalue weighted by molar-refractivity contribution is -0.156. The molecule has 2 rings (SSSR count). The van der Waals surface area contributed by atoms with Crippen molar-refractivity contribution in [1.82, 2.24) is 4.90 Å². The summed E-state index contributed by atoms with van der Waals surface area (Å²) in [5.74, 6) is -0.870. The van der Waals surface area contributed by atoms with Gasteiger partial charge in [0, 0.05) is 6.54 Å². The molecule has 1 saturated heterocycles. The van der Waals surface area contributed by atoms with Gasteiger partial charge in [0.15, 0.2) is 5.78 Å². The summed E-state index contributed by atoms with van der Waals surface area (Å²) in [6.45, 7) is 5.86. The van der Waals surface area contributed by atoms with E-state index in [2.05, 4.69) is 0 Å². The molecule has 1 aromatic rings. The van der Waals surface area contributed by atoms with Crippen LogP contribution >= 0.6 is 0 Å². The second kappa shape index (κ2) is 8.14. The van der Waals surface area contributed by atoms with Gasteiger partial charge in [0.2, 0.25) is 0 Å². The van der Waals surface area contributed by atoms with Gasteiger partial charge >= 0.3 is 12.1 Å². The smallest absolute Gasteiger partial charge is 0.410 e. The number of Topliss-reactive ketones (excluding diaryl/α,β-unsaturated/α-hetero) is 1. The van der Waals surface area contributed by atoms with Crippen LogP contribution in [0.15, 0.2) is 30.3 Å². The molecule has 1 aliphatic rings. The van der Waals surface area contributed by atoms with Crippen molar-refractivity contribution in [2.45, 2.75) is 58.3 Å². The van der Waals surface area contributed by atoms with Crippen LogP contribution in [-0.4, -0.2) is 40.9 Å². The van der Waals surface area contributed by atoms with Crippen molar-refractivity contribution in [1.29, 1.82) is 0 Å². The lowest BCUT2D eigenvalue weighted by Gasteiger charge is -2.24. The van der Waals surface area contributed by atoms with E-state index in [0.717, 1.165) is 5.56 Å². The van der Waals surface area contributed by atoms with Gasteiger partial charge < -0.3 is 9.47 Å². The fourth-order valence-corrected chi connectivity index (χ4v) is 2.76. The summed E-state index contributed by atoms with van der Waals surface area (Å²) in [6.07, 6.45) is 0.404. The molecule has 1 atom stereocenters. The quantitative estimate of drug-likeness (QED) is 0.604. The predicted octanol–water partition coefficient (Wildman–Crippen LogP) is 3.09. The maximum Gasteiger partial charge on any atom is 0.410 e. The molecular weight excluding hydrogens is 322 g/mol. The Balaban J connectivity index is 1.89. The molecule has 1 heterocycles. The number of hydrogen-bond donors (Lipinski definition) is 0. The number of nitrogens with zero attached hydrogens (tertiary/aromatic N) is 1. The number of likely N-dealkylation sites (tertiary alicyclic amines) is 1. The van der Waals surface area contributed by atoms with E-state index < -0.39 is 23.7 Å². The Morgan fingerprint density at radius 2 is 1.84 bits per heavy atom. The van der Waals surface area contributed by atoms with Gasteiger partial charge in [-0.25, -0.2) is 4.79 Å².